The molecule has 0 aliphatic heterocycles. The summed E-state index contributed by atoms with van der Waals surface area (Å²) in [6.07, 6.45) is -0.144. The Labute approximate surface area is 113 Å². The third-order valence-corrected chi connectivity index (χ3v) is 2.70. The van der Waals surface area contributed by atoms with Crippen LogP contribution < -0.4 is 5.32 Å². The maximum atomic E-state index is 11.5. The second-order valence-electron chi connectivity index (χ2n) is 3.84. The maximum absolute atomic E-state index is 11.5. The minimum Gasteiger partial charge on any atom is -0.480 e. The predicted molar refractivity (Wildman–Crippen MR) is 67.1 cm³/mol. The number of halogens is 1. The topological polar surface area (TPSA) is 110 Å². The summed E-state index contributed by atoms with van der Waals surface area (Å²) in [7, 11) is 0. The largest absolute Gasteiger partial charge is 0.480 e. The smallest absolute Gasteiger partial charge is 0.325 e. The van der Waals surface area contributed by atoms with Crippen molar-refractivity contribution in [2.24, 2.45) is 0 Å². The van der Waals surface area contributed by atoms with Gasteiger partial charge < -0.3 is 10.4 Å². The summed E-state index contributed by atoms with van der Waals surface area (Å²) in [6, 6.07) is 2.73. The Bertz CT molecular complexity index is 532. The van der Waals surface area contributed by atoms with Crippen LogP contribution in [0.5, 0.6) is 0 Å². The number of nitrogens with zero attached hydrogens (tertiary/aromatic N) is 1. The van der Waals surface area contributed by atoms with E-state index in [0.717, 1.165) is 6.07 Å². The van der Waals surface area contributed by atoms with Crippen molar-refractivity contribution in [2.45, 2.75) is 19.4 Å². The molecule has 2 N–H and O–H groups in total. The van der Waals surface area contributed by atoms with Crippen LogP contribution in [-0.4, -0.2) is 27.9 Å². The van der Waals surface area contributed by atoms with Crippen LogP contribution in [0.3, 0.4) is 0 Å². The Kier molecular flexibility index (Phi) is 4.82. The Hall–Kier alpha value is -2.15. The number of non-ortho nitro benzene ring substituents is 1. The first-order chi connectivity index (χ1) is 8.81. The van der Waals surface area contributed by atoms with E-state index in [0.29, 0.717) is 5.56 Å². The van der Waals surface area contributed by atoms with Crippen LogP contribution in [0.15, 0.2) is 18.2 Å². The summed E-state index contributed by atoms with van der Waals surface area (Å²) in [6.45, 7) is 1.33. The van der Waals surface area contributed by atoms with Gasteiger partial charge in [0.05, 0.1) is 16.4 Å². The molecule has 0 bridgehead atoms. The minimum atomic E-state index is -1.15. The van der Waals surface area contributed by atoms with E-state index >= 15 is 0 Å². The summed E-state index contributed by atoms with van der Waals surface area (Å²) in [5, 5.41) is 21.5. The number of carbonyl (C=O) groups excluding carboxylic acids is 1. The summed E-state index contributed by atoms with van der Waals surface area (Å²) >= 11 is 5.82. The van der Waals surface area contributed by atoms with E-state index in [1.807, 2.05) is 0 Å². The number of aliphatic carboxylic acids is 1. The highest BCUT2D eigenvalue weighted by atomic mass is 35.5. The van der Waals surface area contributed by atoms with Crippen molar-refractivity contribution in [1.29, 1.82) is 0 Å². The van der Waals surface area contributed by atoms with Crippen LogP contribution in [-0.2, 0) is 16.0 Å². The highest BCUT2D eigenvalue weighted by Crippen LogP contribution is 2.22. The fourth-order valence-electron chi connectivity index (χ4n) is 1.32. The van der Waals surface area contributed by atoms with Gasteiger partial charge in [0.15, 0.2) is 0 Å². The SMILES string of the molecule is CC(NC(=O)Cc1ccc([N+](=O)[O-])cc1Cl)C(=O)O. The molecule has 0 radical (unpaired) electrons. The van der Waals surface area contributed by atoms with E-state index in [9.17, 15) is 19.7 Å². The Balaban J connectivity index is 2.75. The Morgan fingerprint density at radius 2 is 2.16 bits per heavy atom. The lowest BCUT2D eigenvalue weighted by molar-refractivity contribution is -0.384. The second kappa shape index (κ2) is 6.14. The molecule has 0 aliphatic carbocycles. The van der Waals surface area contributed by atoms with Gasteiger partial charge in [-0.1, -0.05) is 17.7 Å². The van der Waals surface area contributed by atoms with Crippen LogP contribution in [0.4, 0.5) is 5.69 Å². The summed E-state index contributed by atoms with van der Waals surface area (Å²) in [5.74, 6) is -1.67. The third kappa shape index (κ3) is 4.22. The van der Waals surface area contributed by atoms with E-state index < -0.39 is 22.8 Å². The molecule has 0 aliphatic rings. The van der Waals surface area contributed by atoms with Crippen LogP contribution in [0.1, 0.15) is 12.5 Å². The number of hydrogen-bond acceptors (Lipinski definition) is 4. The van der Waals surface area contributed by atoms with E-state index in [1.165, 1.54) is 19.1 Å². The molecule has 0 saturated heterocycles. The zero-order valence-corrected chi connectivity index (χ0v) is 10.7. The van der Waals surface area contributed by atoms with E-state index in [1.54, 1.807) is 0 Å². The molecule has 102 valence electrons. The molecule has 0 aromatic heterocycles. The fourth-order valence-corrected chi connectivity index (χ4v) is 1.56. The molecule has 1 amide bonds. The van der Waals surface area contributed by atoms with Gasteiger partial charge in [-0.3, -0.25) is 19.7 Å². The molecular formula is C11H11ClN2O5. The number of nitrogens with one attached hydrogen (secondary N) is 1. The van der Waals surface area contributed by atoms with Crippen molar-refractivity contribution in [3.8, 4) is 0 Å². The lowest BCUT2D eigenvalue weighted by atomic mass is 10.1. The van der Waals surface area contributed by atoms with E-state index in [4.69, 9.17) is 16.7 Å². The highest BCUT2D eigenvalue weighted by molar-refractivity contribution is 6.31. The van der Waals surface area contributed by atoms with Gasteiger partial charge in [0, 0.05) is 12.1 Å². The lowest BCUT2D eigenvalue weighted by Gasteiger charge is -2.09. The van der Waals surface area contributed by atoms with Crippen molar-refractivity contribution in [3.63, 3.8) is 0 Å². The Morgan fingerprint density at radius 1 is 1.53 bits per heavy atom. The summed E-state index contributed by atoms with van der Waals surface area (Å²) in [5.41, 5.74) is 0.218. The van der Waals surface area contributed by atoms with Gasteiger partial charge in [-0.05, 0) is 12.5 Å². The fraction of sp³-hybridized carbons (Fsp3) is 0.273. The molecule has 0 heterocycles. The lowest BCUT2D eigenvalue weighted by Crippen LogP contribution is -2.39. The molecule has 1 aromatic rings. The average Bonchev–Trinajstić information content (AvgIpc) is 2.31. The average molecular weight is 287 g/mol. The number of carboxylic acid groups (broad SMARTS) is 1. The monoisotopic (exact) mass is 286 g/mol. The van der Waals surface area contributed by atoms with Gasteiger partial charge in [0.25, 0.3) is 5.69 Å². The predicted octanol–water partition coefficient (Wildman–Crippen LogP) is 1.38. The maximum Gasteiger partial charge on any atom is 0.325 e. The molecule has 0 spiro atoms. The number of nitro groups is 1. The van der Waals surface area contributed by atoms with Crippen molar-refractivity contribution in [1.82, 2.24) is 5.32 Å². The molecule has 1 unspecified atom stereocenters. The van der Waals surface area contributed by atoms with Crippen LogP contribution in [0.2, 0.25) is 5.02 Å². The van der Waals surface area contributed by atoms with Gasteiger partial charge in [-0.15, -0.1) is 0 Å². The number of rotatable bonds is 5. The Morgan fingerprint density at radius 3 is 2.63 bits per heavy atom. The van der Waals surface area contributed by atoms with E-state index in [2.05, 4.69) is 5.32 Å². The first-order valence-corrected chi connectivity index (χ1v) is 5.64. The molecule has 1 rings (SSSR count). The minimum absolute atomic E-state index is 0.0901. The first-order valence-electron chi connectivity index (χ1n) is 5.26. The number of nitro benzene ring substituents is 1. The zero-order chi connectivity index (χ0) is 14.6. The zero-order valence-electron chi connectivity index (χ0n) is 9.92. The first kappa shape index (κ1) is 14.9. The number of benzene rings is 1. The number of carbonyl (C=O) groups is 2. The van der Waals surface area contributed by atoms with Gasteiger partial charge in [-0.2, -0.15) is 0 Å². The third-order valence-electron chi connectivity index (χ3n) is 2.35. The highest BCUT2D eigenvalue weighted by Gasteiger charge is 2.16. The van der Waals surface area contributed by atoms with Crippen molar-refractivity contribution in [2.75, 3.05) is 0 Å². The van der Waals surface area contributed by atoms with Crippen LogP contribution in [0.25, 0.3) is 0 Å². The molecular weight excluding hydrogens is 276 g/mol. The molecule has 0 fully saturated rings. The number of carboxylic acids is 1. The normalized spacial score (nSPS) is 11.7. The second-order valence-corrected chi connectivity index (χ2v) is 4.24. The molecule has 1 atom stereocenters. The van der Waals surface area contributed by atoms with Crippen molar-refractivity contribution in [3.05, 3.63) is 38.9 Å². The molecule has 7 nitrogen and oxygen atoms in total. The summed E-state index contributed by atoms with van der Waals surface area (Å²) in [4.78, 5) is 32.0. The van der Waals surface area contributed by atoms with Gasteiger partial charge in [0.2, 0.25) is 5.91 Å². The van der Waals surface area contributed by atoms with Crippen molar-refractivity contribution < 1.29 is 19.6 Å². The van der Waals surface area contributed by atoms with E-state index in [-0.39, 0.29) is 17.1 Å². The standard InChI is InChI=1S/C11H11ClN2O5/c1-6(11(16)17)13-10(15)4-7-2-3-8(14(18)19)5-9(7)12/h2-3,5-6H,4H2,1H3,(H,13,15)(H,16,17). The number of amides is 1. The molecule has 1 aromatic carbocycles. The van der Waals surface area contributed by atoms with Gasteiger partial charge >= 0.3 is 5.97 Å². The molecule has 19 heavy (non-hydrogen) atoms. The van der Waals surface area contributed by atoms with Crippen LogP contribution in [0, 0.1) is 10.1 Å². The van der Waals surface area contributed by atoms with Crippen LogP contribution >= 0.6 is 11.6 Å². The van der Waals surface area contributed by atoms with Gasteiger partial charge in [0.1, 0.15) is 6.04 Å². The molecule has 8 heteroatoms. The number of hydrogen-bond donors (Lipinski definition) is 2. The summed E-state index contributed by atoms with van der Waals surface area (Å²) < 4.78 is 0. The van der Waals surface area contributed by atoms with Gasteiger partial charge in [-0.25, -0.2) is 0 Å². The van der Waals surface area contributed by atoms with Crippen molar-refractivity contribution >= 4 is 29.2 Å². The quantitative estimate of drug-likeness (QED) is 0.627. The molecule has 0 saturated carbocycles.